The van der Waals surface area contributed by atoms with Crippen LogP contribution in [0.25, 0.3) is 21.9 Å². The van der Waals surface area contributed by atoms with E-state index in [2.05, 4.69) is 21.9 Å². The Balaban J connectivity index is 1.17. The number of aromatic nitrogens is 3. The Hall–Kier alpha value is -3.16. The van der Waals surface area contributed by atoms with Gasteiger partial charge in [0.15, 0.2) is 0 Å². The number of fused-ring (bicyclic) bond motifs is 3. The highest BCUT2D eigenvalue weighted by Gasteiger charge is 2.59. The van der Waals surface area contributed by atoms with E-state index in [9.17, 15) is 17.6 Å². The van der Waals surface area contributed by atoms with Crippen LogP contribution in [-0.4, -0.2) is 21.1 Å². The molecular formula is C26H23F4N3O. The van der Waals surface area contributed by atoms with Gasteiger partial charge in [-0.1, -0.05) is 6.92 Å². The molecule has 2 aromatic heterocycles. The highest BCUT2D eigenvalue weighted by molar-refractivity contribution is 5.84. The Morgan fingerprint density at radius 1 is 1.06 bits per heavy atom. The van der Waals surface area contributed by atoms with E-state index in [4.69, 9.17) is 4.74 Å². The second kappa shape index (κ2) is 7.68. The lowest BCUT2D eigenvalue weighted by atomic mass is 9.93. The Labute approximate surface area is 193 Å². The molecule has 1 unspecified atom stereocenters. The molecule has 34 heavy (non-hydrogen) atoms. The van der Waals surface area contributed by atoms with E-state index < -0.39 is 11.7 Å². The topological polar surface area (TPSA) is 50.8 Å². The van der Waals surface area contributed by atoms with Crippen LogP contribution in [-0.2, 0) is 6.18 Å². The predicted octanol–water partition coefficient (Wildman–Crippen LogP) is 6.87. The molecule has 176 valence electrons. The molecule has 6 rings (SSSR count). The number of nitrogens with zero attached hydrogens (tertiary/aromatic N) is 2. The van der Waals surface area contributed by atoms with E-state index >= 15 is 0 Å². The Morgan fingerprint density at radius 3 is 2.56 bits per heavy atom. The van der Waals surface area contributed by atoms with Gasteiger partial charge in [-0.2, -0.15) is 13.2 Å². The third kappa shape index (κ3) is 3.60. The summed E-state index contributed by atoms with van der Waals surface area (Å²) in [6, 6.07) is 9.92. The van der Waals surface area contributed by atoms with Crippen molar-refractivity contribution in [2.75, 3.05) is 0 Å². The zero-order valence-corrected chi connectivity index (χ0v) is 18.4. The first kappa shape index (κ1) is 21.4. The molecule has 1 N–H and O–H groups in total. The van der Waals surface area contributed by atoms with E-state index in [1.807, 2.05) is 0 Å². The van der Waals surface area contributed by atoms with Crippen LogP contribution in [0.3, 0.4) is 0 Å². The maximum Gasteiger partial charge on any atom is 0.416 e. The van der Waals surface area contributed by atoms with Crippen molar-refractivity contribution in [2.45, 2.75) is 44.4 Å². The molecule has 2 fully saturated rings. The normalized spacial score (nSPS) is 25.0. The fourth-order valence-corrected chi connectivity index (χ4v) is 5.94. The molecule has 5 atom stereocenters. The lowest BCUT2D eigenvalue weighted by Crippen LogP contribution is -2.18. The summed E-state index contributed by atoms with van der Waals surface area (Å²) in [6.07, 6.45) is 0.0315. The summed E-state index contributed by atoms with van der Waals surface area (Å²) in [5.41, 5.74) is 1.01. The standard InChI is InChI=1S/C26H23F4N3O/c1-2-16(25-32-21-5-3-13(26(28,29)30)9-22(21)33-25)24-17-11-15(12-18(17)24)34-23-7-8-31-20-6-4-14(27)10-19(20)23/h3-10,15-18,24H,2,11-12H2,1H3,(H,32,33)/t15-,16?,17+,18-,24-. The molecule has 4 nitrogen and oxygen atoms in total. The summed E-state index contributed by atoms with van der Waals surface area (Å²) in [6.45, 7) is 2.10. The van der Waals surface area contributed by atoms with Crippen LogP contribution in [0, 0.1) is 23.6 Å². The summed E-state index contributed by atoms with van der Waals surface area (Å²) < 4.78 is 59.2. The number of halogens is 4. The number of hydrogen-bond acceptors (Lipinski definition) is 3. The molecule has 2 aliphatic rings. The molecule has 0 spiro atoms. The molecule has 8 heteroatoms. The molecule has 0 amide bonds. The van der Waals surface area contributed by atoms with Gasteiger partial charge in [0.1, 0.15) is 17.4 Å². The van der Waals surface area contributed by atoms with Gasteiger partial charge in [0.25, 0.3) is 0 Å². The molecule has 4 aromatic rings. The molecule has 2 aliphatic carbocycles. The quantitative estimate of drug-likeness (QED) is 0.325. The highest BCUT2D eigenvalue weighted by Crippen LogP contribution is 2.63. The Morgan fingerprint density at radius 2 is 1.82 bits per heavy atom. The van der Waals surface area contributed by atoms with E-state index in [0.29, 0.717) is 45.4 Å². The molecule has 0 bridgehead atoms. The van der Waals surface area contributed by atoms with Gasteiger partial charge in [0.05, 0.1) is 28.2 Å². The fourth-order valence-electron chi connectivity index (χ4n) is 5.94. The number of ether oxygens (including phenoxy) is 1. The van der Waals surface area contributed by atoms with Crippen LogP contribution < -0.4 is 4.74 Å². The fraction of sp³-hybridized carbons (Fsp3) is 0.385. The maximum atomic E-state index is 13.7. The largest absolute Gasteiger partial charge is 0.490 e. The maximum absolute atomic E-state index is 13.7. The van der Waals surface area contributed by atoms with Gasteiger partial charge in [-0.15, -0.1) is 0 Å². The van der Waals surface area contributed by atoms with Crippen molar-refractivity contribution in [2.24, 2.45) is 17.8 Å². The number of hydrogen-bond donors (Lipinski definition) is 1. The summed E-state index contributed by atoms with van der Waals surface area (Å²) in [5.74, 6) is 2.71. The van der Waals surface area contributed by atoms with Gasteiger partial charge >= 0.3 is 6.18 Å². The number of imidazole rings is 1. The van der Waals surface area contributed by atoms with Crippen LogP contribution in [0.4, 0.5) is 17.6 Å². The number of pyridine rings is 1. The Kier molecular flexibility index (Phi) is 4.83. The second-order valence-corrected chi connectivity index (χ2v) is 9.45. The minimum Gasteiger partial charge on any atom is -0.490 e. The van der Waals surface area contributed by atoms with Crippen LogP contribution in [0.5, 0.6) is 5.75 Å². The number of benzene rings is 2. The molecule has 0 aliphatic heterocycles. The zero-order chi connectivity index (χ0) is 23.6. The molecule has 2 aromatic carbocycles. The van der Waals surface area contributed by atoms with Gasteiger partial charge in [-0.3, -0.25) is 4.98 Å². The van der Waals surface area contributed by atoms with Crippen molar-refractivity contribution >= 4 is 21.9 Å². The predicted molar refractivity (Wildman–Crippen MR) is 120 cm³/mol. The third-order valence-corrected chi connectivity index (χ3v) is 7.51. The minimum absolute atomic E-state index is 0.0580. The van der Waals surface area contributed by atoms with Gasteiger partial charge in [0.2, 0.25) is 0 Å². The third-order valence-electron chi connectivity index (χ3n) is 7.51. The first-order valence-electron chi connectivity index (χ1n) is 11.6. The van der Waals surface area contributed by atoms with Crippen molar-refractivity contribution in [1.82, 2.24) is 15.0 Å². The number of H-pyrrole nitrogens is 1. The van der Waals surface area contributed by atoms with Crippen LogP contribution >= 0.6 is 0 Å². The second-order valence-electron chi connectivity index (χ2n) is 9.45. The van der Waals surface area contributed by atoms with Gasteiger partial charge in [0, 0.05) is 17.5 Å². The molecule has 0 saturated heterocycles. The number of nitrogens with one attached hydrogen (secondary N) is 1. The summed E-state index contributed by atoms with van der Waals surface area (Å²) in [5, 5.41) is 0.673. The molecular weight excluding hydrogens is 446 g/mol. The van der Waals surface area contributed by atoms with Gasteiger partial charge < -0.3 is 9.72 Å². The van der Waals surface area contributed by atoms with E-state index in [1.165, 1.54) is 18.2 Å². The molecule has 0 radical (unpaired) electrons. The Bertz CT molecular complexity index is 1370. The average molecular weight is 469 g/mol. The summed E-state index contributed by atoms with van der Waals surface area (Å²) in [4.78, 5) is 12.1. The number of rotatable bonds is 5. The first-order chi connectivity index (χ1) is 16.3. The average Bonchev–Trinajstić information content (AvgIpc) is 3.13. The molecule has 2 heterocycles. The van der Waals surface area contributed by atoms with Crippen molar-refractivity contribution in [1.29, 1.82) is 0 Å². The van der Waals surface area contributed by atoms with Crippen molar-refractivity contribution < 1.29 is 22.3 Å². The highest BCUT2D eigenvalue weighted by atomic mass is 19.4. The van der Waals surface area contributed by atoms with Crippen molar-refractivity contribution in [3.63, 3.8) is 0 Å². The summed E-state index contributed by atoms with van der Waals surface area (Å²) in [7, 11) is 0. The van der Waals surface area contributed by atoms with Crippen LogP contribution in [0.2, 0.25) is 0 Å². The first-order valence-corrected chi connectivity index (χ1v) is 11.6. The lowest BCUT2D eigenvalue weighted by Gasteiger charge is -2.20. The minimum atomic E-state index is -4.38. The van der Waals surface area contributed by atoms with Crippen molar-refractivity contribution in [3.05, 3.63) is 65.9 Å². The monoisotopic (exact) mass is 469 g/mol. The number of alkyl halides is 3. The van der Waals surface area contributed by atoms with E-state index in [0.717, 1.165) is 37.2 Å². The summed E-state index contributed by atoms with van der Waals surface area (Å²) >= 11 is 0. The molecule has 2 saturated carbocycles. The van der Waals surface area contributed by atoms with Crippen molar-refractivity contribution in [3.8, 4) is 5.75 Å². The van der Waals surface area contributed by atoms with E-state index in [1.54, 1.807) is 18.3 Å². The van der Waals surface area contributed by atoms with Crippen LogP contribution in [0.1, 0.15) is 43.5 Å². The lowest BCUT2D eigenvalue weighted by molar-refractivity contribution is -0.137. The van der Waals surface area contributed by atoms with Gasteiger partial charge in [-0.25, -0.2) is 9.37 Å². The van der Waals surface area contributed by atoms with Crippen LogP contribution in [0.15, 0.2) is 48.7 Å². The zero-order valence-electron chi connectivity index (χ0n) is 18.4. The SMILES string of the molecule is CCC(c1nc2ccc(C(F)(F)F)cc2[nH]1)[C@H]1[C@@H]2C[C@H](Oc3ccnc4ccc(F)cc34)C[C@@H]21. The number of aromatic amines is 1. The van der Waals surface area contributed by atoms with E-state index in [-0.39, 0.29) is 17.8 Å². The smallest absolute Gasteiger partial charge is 0.416 e. The van der Waals surface area contributed by atoms with Gasteiger partial charge in [-0.05, 0) is 79.5 Å².